The summed E-state index contributed by atoms with van der Waals surface area (Å²) < 4.78 is 13.2. The fraction of sp³-hybridized carbons (Fsp3) is 0.452. The van der Waals surface area contributed by atoms with E-state index in [0.717, 1.165) is 28.7 Å². The minimum absolute atomic E-state index is 0.0101. The number of Topliss-reactive ketones (excluding diaryl/α,β-unsaturated/α-hetero) is 6. The van der Waals surface area contributed by atoms with Gasteiger partial charge >= 0.3 is 0 Å². The van der Waals surface area contributed by atoms with Crippen LogP contribution in [0.15, 0.2) is 136 Å². The molecule has 14 atom stereocenters. The molecule has 3 fully saturated rings. The lowest BCUT2D eigenvalue weighted by molar-refractivity contribution is -0.169. The van der Waals surface area contributed by atoms with Crippen LogP contribution in [0.1, 0.15) is 134 Å². The summed E-state index contributed by atoms with van der Waals surface area (Å²) in [6, 6.07) is 20.7. The molecule has 9 aliphatic rings. The predicted molar refractivity (Wildman–Crippen MR) is 460 cm³/mol. The SMILES string of the molecule is CN(C)C1C(=O)C(C(N)=O)=C(O)[C@@]2(O)C(=O)C3=C(O)c4c(O)c(CNCC(C)(C)C)cc(CNCC(C)(C)C)c4C[C@H]3C[C@@H]12.CN(C)[C@H]1C(=O)C(C(N)=O)=C(O)[C@@]2(O)C(=O)C3=C(O)c4c(O)ccc(CNCc5ccc(F)cc5)c4C[C@H]3C[C@@H]12.C[C@H]1c2ccc(CNCCc3ccccc3)c(O)c2C(O)=C2C(=O)[C@]3(O)C(O)=C(C(N)=O)C(=O)[C@@H](N(C)C)C3[C@@H](O)C21. The maximum atomic E-state index is 14.2. The number of hydrogen-bond acceptors (Lipinski definition) is 29. The van der Waals surface area contributed by atoms with Gasteiger partial charge in [0.2, 0.25) is 17.3 Å². The summed E-state index contributed by atoms with van der Waals surface area (Å²) in [7, 11) is 9.21. The second-order valence-corrected chi connectivity index (χ2v) is 37.5. The average Bonchev–Trinajstić information content (AvgIpc) is 0.699. The zero-order valence-electron chi connectivity index (χ0n) is 72.6. The van der Waals surface area contributed by atoms with Crippen molar-refractivity contribution < 1.29 is 114 Å². The van der Waals surface area contributed by atoms with E-state index in [1.807, 2.05) is 36.4 Å². The van der Waals surface area contributed by atoms with Crippen molar-refractivity contribution in [1.82, 2.24) is 36.0 Å². The van der Waals surface area contributed by atoms with E-state index in [4.69, 9.17) is 17.2 Å². The lowest BCUT2D eigenvalue weighted by Gasteiger charge is -2.53. The number of benzene rings is 5. The van der Waals surface area contributed by atoms with E-state index < -0.39 is 192 Å². The van der Waals surface area contributed by atoms with E-state index in [0.29, 0.717) is 73.6 Å². The van der Waals surface area contributed by atoms with Crippen LogP contribution in [0.2, 0.25) is 0 Å². The van der Waals surface area contributed by atoms with Crippen LogP contribution in [-0.4, -0.2) is 236 Å². The van der Waals surface area contributed by atoms with E-state index in [1.165, 1.54) is 47.0 Å². The summed E-state index contributed by atoms with van der Waals surface area (Å²) in [5.41, 5.74) is 10.9. The van der Waals surface area contributed by atoms with Crippen molar-refractivity contribution in [3.63, 3.8) is 0 Å². The number of hydrogen-bond donors (Lipinski definition) is 20. The van der Waals surface area contributed by atoms with Crippen molar-refractivity contribution in [1.29, 1.82) is 0 Å². The Balaban J connectivity index is 0.000000172. The number of rotatable bonds is 21. The molecule has 3 unspecified atom stereocenters. The number of amides is 3. The maximum Gasteiger partial charge on any atom is 0.255 e. The standard InChI is InChI=1S/C33H48N4O7.C31H35N3O8.C29H30FN3O7/c1-31(2,3)14-35-12-17-9-18(13-36-15-32(4,5)6)25(38)22-19(17)10-16-11-20-24(37(7)8)27(40)23(30(34)43)29(42)33(20,44)28(41)21(16)26(22)39;1-14-17-10-9-16(13-33-12-11-15-7-5-4-6-8-15)24(35)19(17)25(36)20-18(14)26(37)22-23(34(2)3)27(38)21(30(32)41)29(40)31(22,42)28(20)39;1-33(2)23-18-10-15-9-17-14(12-32-11-13-3-6-16(30)7-4-13)5-8-19(34)21(17)24(35)20(15)26(37)29(18,40)27(38)22(25(23)36)28(31)39/h9,16,20,24,35-36,38-39,42,44H,10-15H2,1-8H3,(H2,34,43);4-10,14,18,22-23,26,33,35-37,40,42H,11-13H2,1-3H3,(H2,32,41);3-8,15,18,23,32,34-35,38,40H,9-12H2,1-2H3,(H2,31,39)/t16-,20-,24?,33-;14-,18?,22?,23-,26-,31-;15-,18-,23+,29-/m000/s1. The van der Waals surface area contributed by atoms with E-state index in [2.05, 4.69) is 62.8 Å². The van der Waals surface area contributed by atoms with E-state index in [1.54, 1.807) is 65.4 Å². The Morgan fingerprint density at radius 2 is 0.897 bits per heavy atom. The van der Waals surface area contributed by atoms with Crippen LogP contribution < -0.4 is 38.5 Å². The fourth-order valence-electron chi connectivity index (χ4n) is 20.2. The quantitative estimate of drug-likeness (QED) is 0.0356. The molecule has 674 valence electrons. The first-order valence-electron chi connectivity index (χ1n) is 41.7. The van der Waals surface area contributed by atoms with Gasteiger partial charge in [-0.3, -0.25) is 57.9 Å². The number of likely N-dealkylation sites (N-methyl/N-ethyl adjacent to an activating group) is 3. The van der Waals surface area contributed by atoms with Crippen molar-refractivity contribution in [2.75, 3.05) is 61.9 Å². The van der Waals surface area contributed by atoms with Crippen molar-refractivity contribution >= 4 is 69.7 Å². The van der Waals surface area contributed by atoms with Gasteiger partial charge in [-0.05, 0) is 173 Å². The minimum atomic E-state index is -2.93. The molecule has 9 aliphatic carbocycles. The van der Waals surface area contributed by atoms with Gasteiger partial charge in [-0.1, -0.05) is 109 Å². The number of phenolic OH excluding ortho intramolecular Hbond substituents is 3. The highest BCUT2D eigenvalue weighted by atomic mass is 19.1. The van der Waals surface area contributed by atoms with Crippen LogP contribution in [-0.2, 0) is 95.1 Å². The number of aliphatic hydroxyl groups excluding tert-OH is 7. The third kappa shape index (κ3) is 16.3. The van der Waals surface area contributed by atoms with Gasteiger partial charge in [0.1, 0.15) is 74.3 Å². The highest BCUT2D eigenvalue weighted by molar-refractivity contribution is 6.27. The van der Waals surface area contributed by atoms with Gasteiger partial charge in [0, 0.05) is 91.4 Å². The molecule has 3 saturated carbocycles. The Kier molecular flexibility index (Phi) is 26.2. The highest BCUT2D eigenvalue weighted by Crippen LogP contribution is 2.59. The number of fused-ring (bicyclic) bond motifs is 9. The van der Waals surface area contributed by atoms with Crippen molar-refractivity contribution in [2.24, 2.45) is 63.5 Å². The van der Waals surface area contributed by atoms with Crippen molar-refractivity contribution in [3.8, 4) is 17.2 Å². The molecule has 33 heteroatoms. The summed E-state index contributed by atoms with van der Waals surface area (Å²) in [6.07, 6.45) is -0.337. The first-order valence-corrected chi connectivity index (χ1v) is 41.7. The maximum absolute atomic E-state index is 14.2. The van der Waals surface area contributed by atoms with Crippen molar-refractivity contribution in [2.45, 2.75) is 160 Å². The van der Waals surface area contributed by atoms with Gasteiger partial charge in [-0.25, -0.2) is 4.39 Å². The Morgan fingerprint density at radius 1 is 0.476 bits per heavy atom. The van der Waals surface area contributed by atoms with Gasteiger partial charge in [-0.2, -0.15) is 0 Å². The molecule has 14 rings (SSSR count). The number of phenols is 3. The van der Waals surface area contributed by atoms with E-state index in [9.17, 15) is 114 Å². The summed E-state index contributed by atoms with van der Waals surface area (Å²) in [4.78, 5) is 123. The molecule has 23 N–H and O–H groups in total. The molecule has 0 saturated heterocycles. The molecule has 5 aromatic carbocycles. The molecule has 0 aliphatic heterocycles. The number of nitrogens with two attached hydrogens (primary N) is 3. The summed E-state index contributed by atoms with van der Waals surface area (Å²) in [5, 5.41) is 161. The smallest absolute Gasteiger partial charge is 0.255 e. The molecule has 0 spiro atoms. The van der Waals surface area contributed by atoms with Gasteiger partial charge in [-0.15, -0.1) is 0 Å². The number of carbonyl (C=O) groups excluding carboxylic acids is 9. The number of halogens is 1. The van der Waals surface area contributed by atoms with Gasteiger partial charge in [0.15, 0.2) is 34.2 Å². The molecular weight excluding hydrogens is 1630 g/mol. The Morgan fingerprint density at radius 3 is 1.38 bits per heavy atom. The third-order valence-corrected chi connectivity index (χ3v) is 26.1. The van der Waals surface area contributed by atoms with Crippen LogP contribution in [0.25, 0.3) is 17.3 Å². The van der Waals surface area contributed by atoms with Gasteiger partial charge in [0.05, 0.1) is 46.8 Å². The molecule has 5 aromatic rings. The largest absolute Gasteiger partial charge is 0.508 e. The topological polar surface area (TPSA) is 553 Å². The zero-order valence-corrected chi connectivity index (χ0v) is 72.6. The third-order valence-electron chi connectivity index (χ3n) is 26.1. The predicted octanol–water partition coefficient (Wildman–Crippen LogP) is 4.46. The molecule has 0 radical (unpaired) electrons. The number of aliphatic hydroxyl groups is 10. The lowest BCUT2D eigenvalue weighted by Crippen LogP contribution is -2.70. The van der Waals surface area contributed by atoms with Crippen molar-refractivity contribution in [3.05, 3.63) is 208 Å². The van der Waals surface area contributed by atoms with E-state index in [-0.39, 0.29) is 94.0 Å². The van der Waals surface area contributed by atoms with Crippen LogP contribution in [0.4, 0.5) is 4.39 Å². The Labute approximate surface area is 727 Å². The monoisotopic (exact) mass is 1740 g/mol. The van der Waals surface area contributed by atoms with Crippen LogP contribution in [0.3, 0.4) is 0 Å². The van der Waals surface area contributed by atoms with E-state index >= 15 is 0 Å². The lowest BCUT2D eigenvalue weighted by atomic mass is 9.54. The molecule has 0 aromatic heterocycles. The first kappa shape index (κ1) is 93.8. The van der Waals surface area contributed by atoms with Gasteiger partial charge < -0.3 is 105 Å². The minimum Gasteiger partial charge on any atom is -0.508 e. The second-order valence-electron chi connectivity index (χ2n) is 37.5. The average molecular weight is 1740 g/mol. The Hall–Kier alpha value is -11.3. The highest BCUT2D eigenvalue weighted by Gasteiger charge is 2.70. The number of carbonyl (C=O) groups is 9. The molecule has 0 bridgehead atoms. The summed E-state index contributed by atoms with van der Waals surface area (Å²) in [5.74, 6) is -22.7. The van der Waals surface area contributed by atoms with Crippen LogP contribution in [0, 0.1) is 52.2 Å². The van der Waals surface area contributed by atoms with Crippen LogP contribution in [0.5, 0.6) is 17.2 Å². The van der Waals surface area contributed by atoms with Crippen LogP contribution >= 0.6 is 0 Å². The first-order chi connectivity index (χ1) is 58.9. The normalized spacial score (nSPS) is 26.9. The molecule has 0 heterocycles. The number of nitrogens with one attached hydrogen (secondary N) is 4. The molecule has 126 heavy (non-hydrogen) atoms. The Bertz CT molecular complexity index is 5540. The number of aromatic hydroxyl groups is 3. The van der Waals surface area contributed by atoms with Gasteiger partial charge in [0.25, 0.3) is 17.7 Å². The molecular formula is C93H113FN10O22. The summed E-state index contributed by atoms with van der Waals surface area (Å²) >= 11 is 0. The number of nitrogens with zero attached hydrogens (tertiary/aromatic N) is 3. The number of primary amides is 3. The molecule has 3 amide bonds. The summed E-state index contributed by atoms with van der Waals surface area (Å²) in [6.45, 7) is 18.1. The second kappa shape index (κ2) is 35.1. The number of ketones is 6. The zero-order chi connectivity index (χ0) is 92.9. The molecule has 32 nitrogen and oxygen atoms in total. The fourth-order valence-corrected chi connectivity index (χ4v) is 20.2.